The van der Waals surface area contributed by atoms with E-state index in [9.17, 15) is 22.8 Å². The van der Waals surface area contributed by atoms with E-state index in [1.807, 2.05) is 19.1 Å². The van der Waals surface area contributed by atoms with Gasteiger partial charge in [-0.2, -0.15) is 23.3 Å². The third-order valence-electron chi connectivity index (χ3n) is 5.67. The summed E-state index contributed by atoms with van der Waals surface area (Å²) in [5.74, 6) is -0.999. The number of benzene rings is 2. The average Bonchev–Trinajstić information content (AvgIpc) is 3.52. The van der Waals surface area contributed by atoms with Crippen molar-refractivity contribution in [3.05, 3.63) is 65.5 Å². The number of carbonyl (C=O) groups is 2. The summed E-state index contributed by atoms with van der Waals surface area (Å²) in [5, 5.41) is 12.9. The second-order valence-corrected chi connectivity index (χ2v) is 7.81. The molecule has 1 saturated heterocycles. The summed E-state index contributed by atoms with van der Waals surface area (Å²) in [6.45, 7) is 1.86. The molecule has 0 N–H and O–H groups in total. The van der Waals surface area contributed by atoms with Crippen molar-refractivity contribution < 1.29 is 27.3 Å². The number of anilines is 1. The van der Waals surface area contributed by atoms with Crippen LogP contribution in [0.5, 0.6) is 0 Å². The van der Waals surface area contributed by atoms with Crippen molar-refractivity contribution in [3.8, 4) is 11.4 Å². The van der Waals surface area contributed by atoms with Gasteiger partial charge < -0.3 is 4.52 Å². The maximum atomic E-state index is 13.1. The van der Waals surface area contributed by atoms with Gasteiger partial charge in [-0.05, 0) is 36.2 Å². The maximum absolute atomic E-state index is 13.1. The maximum Gasteiger partial charge on any atom is 0.416 e. The first-order valence-corrected chi connectivity index (χ1v) is 10.4. The SMILES string of the molecule is CCc1ccc(N2C(=O)C3N=NN(Cc4nc(-c5cccc(C(F)(F)F)c5)no4)C3C2=O)cc1. The quantitative estimate of drug-likeness (QED) is 0.526. The van der Waals surface area contributed by atoms with Crippen molar-refractivity contribution >= 4 is 17.5 Å². The minimum absolute atomic E-state index is 0.0120. The molecule has 0 bridgehead atoms. The van der Waals surface area contributed by atoms with Crippen LogP contribution >= 0.6 is 0 Å². The highest BCUT2D eigenvalue weighted by molar-refractivity contribution is 6.25. The number of nitrogens with zero attached hydrogens (tertiary/aromatic N) is 6. The van der Waals surface area contributed by atoms with Gasteiger partial charge in [-0.1, -0.05) is 41.6 Å². The Morgan fingerprint density at radius 2 is 1.82 bits per heavy atom. The van der Waals surface area contributed by atoms with Gasteiger partial charge in [-0.15, -0.1) is 0 Å². The molecular formula is C22H17F3N6O3. The van der Waals surface area contributed by atoms with E-state index in [2.05, 4.69) is 20.5 Å². The highest BCUT2D eigenvalue weighted by atomic mass is 19.4. The summed E-state index contributed by atoms with van der Waals surface area (Å²) >= 11 is 0. The molecule has 2 amide bonds. The molecular weight excluding hydrogens is 453 g/mol. The summed E-state index contributed by atoms with van der Waals surface area (Å²) in [5.41, 5.74) is 0.799. The summed E-state index contributed by atoms with van der Waals surface area (Å²) in [7, 11) is 0. The minimum Gasteiger partial charge on any atom is -0.337 e. The van der Waals surface area contributed by atoms with E-state index in [0.717, 1.165) is 29.0 Å². The lowest BCUT2D eigenvalue weighted by Gasteiger charge is -2.19. The Morgan fingerprint density at radius 1 is 1.06 bits per heavy atom. The number of fused-ring (bicyclic) bond motifs is 1. The molecule has 3 aromatic rings. The Morgan fingerprint density at radius 3 is 2.53 bits per heavy atom. The molecule has 174 valence electrons. The lowest BCUT2D eigenvalue weighted by Crippen LogP contribution is -2.39. The van der Waals surface area contributed by atoms with Crippen LogP contribution in [0, 0.1) is 0 Å². The monoisotopic (exact) mass is 470 g/mol. The first-order chi connectivity index (χ1) is 16.3. The van der Waals surface area contributed by atoms with Gasteiger partial charge in [0.2, 0.25) is 11.7 Å². The van der Waals surface area contributed by atoms with Crippen molar-refractivity contribution in [2.45, 2.75) is 38.1 Å². The zero-order valence-electron chi connectivity index (χ0n) is 17.7. The molecule has 0 aliphatic carbocycles. The van der Waals surface area contributed by atoms with Crippen LogP contribution in [0.3, 0.4) is 0 Å². The summed E-state index contributed by atoms with van der Waals surface area (Å²) in [6.07, 6.45) is -3.69. The Kier molecular flexibility index (Phi) is 5.14. The molecule has 0 saturated carbocycles. The topological polar surface area (TPSA) is 104 Å². The van der Waals surface area contributed by atoms with Gasteiger partial charge in [0, 0.05) is 5.56 Å². The highest BCUT2D eigenvalue weighted by Crippen LogP contribution is 2.34. The summed E-state index contributed by atoms with van der Waals surface area (Å²) < 4.78 is 44.1. The molecule has 34 heavy (non-hydrogen) atoms. The second-order valence-electron chi connectivity index (χ2n) is 7.81. The fourth-order valence-electron chi connectivity index (χ4n) is 3.90. The number of rotatable bonds is 5. The lowest BCUT2D eigenvalue weighted by molar-refractivity contribution is -0.137. The zero-order valence-corrected chi connectivity index (χ0v) is 17.7. The van der Waals surface area contributed by atoms with Crippen LogP contribution in [0.15, 0.2) is 63.4 Å². The smallest absolute Gasteiger partial charge is 0.337 e. The molecule has 2 aliphatic rings. The average molecular weight is 470 g/mol. The van der Waals surface area contributed by atoms with Gasteiger partial charge in [0.15, 0.2) is 12.1 Å². The van der Waals surface area contributed by atoms with Crippen LogP contribution in [-0.4, -0.2) is 39.0 Å². The lowest BCUT2D eigenvalue weighted by atomic mass is 10.1. The van der Waals surface area contributed by atoms with Gasteiger partial charge in [0.05, 0.1) is 11.3 Å². The van der Waals surface area contributed by atoms with Crippen LogP contribution in [0.1, 0.15) is 23.9 Å². The van der Waals surface area contributed by atoms with E-state index in [0.29, 0.717) is 5.69 Å². The first-order valence-electron chi connectivity index (χ1n) is 10.4. The number of aromatic nitrogens is 2. The van der Waals surface area contributed by atoms with Gasteiger partial charge in [-0.3, -0.25) is 14.6 Å². The van der Waals surface area contributed by atoms with E-state index in [1.54, 1.807) is 12.1 Å². The number of amides is 2. The molecule has 2 aliphatic heterocycles. The van der Waals surface area contributed by atoms with Crippen LogP contribution in [0.25, 0.3) is 11.4 Å². The van der Waals surface area contributed by atoms with E-state index in [1.165, 1.54) is 17.1 Å². The molecule has 0 radical (unpaired) electrons. The third-order valence-corrected chi connectivity index (χ3v) is 5.67. The standard InChI is InChI=1S/C22H17F3N6O3/c1-2-12-6-8-15(9-7-12)31-20(32)17-18(21(31)33)30(29-27-17)11-16-26-19(28-34-16)13-4-3-5-14(10-13)22(23,24)25/h3-10,17-18H,2,11H2,1H3. The van der Waals surface area contributed by atoms with Crippen molar-refractivity contribution in [2.24, 2.45) is 10.3 Å². The molecule has 9 nitrogen and oxygen atoms in total. The molecule has 2 atom stereocenters. The van der Waals surface area contributed by atoms with Crippen LogP contribution < -0.4 is 4.90 Å². The third kappa shape index (κ3) is 3.70. The van der Waals surface area contributed by atoms with Crippen LogP contribution in [0.4, 0.5) is 18.9 Å². The largest absolute Gasteiger partial charge is 0.416 e. The molecule has 0 spiro atoms. The first kappa shape index (κ1) is 21.7. The number of imide groups is 1. The number of hydrogen-bond acceptors (Lipinski definition) is 8. The molecule has 1 aromatic heterocycles. The molecule has 1 fully saturated rings. The van der Waals surface area contributed by atoms with Gasteiger partial charge in [-0.25, -0.2) is 4.90 Å². The molecule has 12 heteroatoms. The van der Waals surface area contributed by atoms with E-state index in [4.69, 9.17) is 4.52 Å². The Bertz CT molecular complexity index is 1290. The Labute approximate surface area is 190 Å². The number of hydrogen-bond donors (Lipinski definition) is 0. The normalized spacial score (nSPS) is 19.9. The summed E-state index contributed by atoms with van der Waals surface area (Å²) in [6, 6.07) is 9.67. The highest BCUT2D eigenvalue weighted by Gasteiger charge is 2.55. The number of aryl methyl sites for hydroxylation is 1. The number of carbonyl (C=O) groups excluding carboxylic acids is 2. The Hall–Kier alpha value is -4.09. The van der Waals surface area contributed by atoms with Crippen molar-refractivity contribution in [2.75, 3.05) is 4.90 Å². The van der Waals surface area contributed by atoms with E-state index in [-0.39, 0.29) is 23.8 Å². The molecule has 2 unspecified atom stereocenters. The van der Waals surface area contributed by atoms with Gasteiger partial charge in [0.25, 0.3) is 11.8 Å². The Balaban J connectivity index is 1.34. The van der Waals surface area contributed by atoms with E-state index < -0.39 is 35.6 Å². The molecule has 3 heterocycles. The molecule has 2 aromatic carbocycles. The predicted octanol–water partition coefficient (Wildman–Crippen LogP) is 3.81. The van der Waals surface area contributed by atoms with Crippen molar-refractivity contribution in [1.82, 2.24) is 15.1 Å². The zero-order chi connectivity index (χ0) is 24.0. The van der Waals surface area contributed by atoms with Gasteiger partial charge >= 0.3 is 6.18 Å². The summed E-state index contributed by atoms with van der Waals surface area (Å²) in [4.78, 5) is 31.1. The van der Waals surface area contributed by atoms with Crippen molar-refractivity contribution in [1.29, 1.82) is 0 Å². The van der Waals surface area contributed by atoms with Crippen LogP contribution in [0.2, 0.25) is 0 Å². The van der Waals surface area contributed by atoms with Gasteiger partial charge in [0.1, 0.15) is 6.54 Å². The second kappa shape index (κ2) is 8.04. The fraction of sp³-hybridized carbons (Fsp3) is 0.273. The predicted molar refractivity (Wildman–Crippen MR) is 111 cm³/mol. The van der Waals surface area contributed by atoms with Crippen molar-refractivity contribution in [3.63, 3.8) is 0 Å². The minimum atomic E-state index is -4.51. The number of alkyl halides is 3. The van der Waals surface area contributed by atoms with E-state index >= 15 is 0 Å². The van der Waals surface area contributed by atoms with Crippen LogP contribution in [-0.2, 0) is 28.7 Å². The fourth-order valence-corrected chi connectivity index (χ4v) is 3.90. The number of halogens is 3. The molecule has 5 rings (SSSR count).